The largest absolute Gasteiger partial charge is 0.486 e. The minimum Gasteiger partial charge on any atom is -0.486 e. The molecule has 1 N–H and O–H groups in total. The molecule has 2 aliphatic rings. The smallest absolute Gasteiger partial charge is 0.224 e. The van der Waals surface area contributed by atoms with Crippen molar-refractivity contribution in [3.8, 4) is 11.5 Å². The number of nitrogens with zero attached hydrogens (tertiary/aromatic N) is 1. The number of fused-ring (bicyclic) bond motifs is 1. The second kappa shape index (κ2) is 7.93. The third-order valence-corrected chi connectivity index (χ3v) is 5.28. The van der Waals surface area contributed by atoms with Crippen LogP contribution in [-0.2, 0) is 4.79 Å². The van der Waals surface area contributed by atoms with Gasteiger partial charge in [0.15, 0.2) is 17.6 Å². The fourth-order valence-corrected chi connectivity index (χ4v) is 3.85. The zero-order chi connectivity index (χ0) is 16.1. The quantitative estimate of drug-likeness (QED) is 0.888. The molecule has 2 atom stereocenters. The predicted octanol–water partition coefficient (Wildman–Crippen LogP) is 1.77. The van der Waals surface area contributed by atoms with Crippen molar-refractivity contribution in [1.82, 2.24) is 10.2 Å². The average molecular weight is 336 g/mol. The van der Waals surface area contributed by atoms with E-state index in [2.05, 4.69) is 5.32 Å². The number of hydrogen-bond donors (Lipinski definition) is 1. The van der Waals surface area contributed by atoms with Crippen LogP contribution in [0.15, 0.2) is 24.3 Å². The van der Waals surface area contributed by atoms with Gasteiger partial charge in [-0.15, -0.1) is 0 Å². The van der Waals surface area contributed by atoms with Gasteiger partial charge in [0.1, 0.15) is 6.61 Å². The summed E-state index contributed by atoms with van der Waals surface area (Å²) in [6.07, 6.45) is 0.452. The van der Waals surface area contributed by atoms with E-state index >= 15 is 0 Å². The summed E-state index contributed by atoms with van der Waals surface area (Å²) in [5.74, 6) is 3.88. The number of ether oxygens (including phenoxy) is 2. The number of nitrogens with one attached hydrogen (secondary N) is 1. The van der Waals surface area contributed by atoms with Gasteiger partial charge in [0, 0.05) is 37.1 Å². The first-order valence-corrected chi connectivity index (χ1v) is 9.39. The maximum absolute atomic E-state index is 12.5. The molecule has 1 fully saturated rings. The number of carbonyl (C=O) groups is 1. The minimum absolute atomic E-state index is 0.109. The molecular weight excluding hydrogens is 312 g/mol. The van der Waals surface area contributed by atoms with Gasteiger partial charge in [-0.2, -0.15) is 11.8 Å². The van der Waals surface area contributed by atoms with Crippen molar-refractivity contribution in [2.24, 2.45) is 0 Å². The lowest BCUT2D eigenvalue weighted by Crippen LogP contribution is -2.46. The monoisotopic (exact) mass is 336 g/mol. The Kier molecular flexibility index (Phi) is 5.67. The molecule has 2 heterocycles. The van der Waals surface area contributed by atoms with Crippen molar-refractivity contribution in [1.29, 1.82) is 0 Å². The number of likely N-dealkylation sites (N-methyl/N-ethyl adjacent to an activating group) is 1. The van der Waals surface area contributed by atoms with Crippen LogP contribution in [0.3, 0.4) is 0 Å². The van der Waals surface area contributed by atoms with Crippen LogP contribution in [0.1, 0.15) is 13.3 Å². The van der Waals surface area contributed by atoms with Gasteiger partial charge in [0.2, 0.25) is 5.91 Å². The molecule has 2 unspecified atom stereocenters. The lowest BCUT2D eigenvalue weighted by Gasteiger charge is -2.32. The molecule has 2 aliphatic heterocycles. The Hall–Kier alpha value is -1.40. The molecule has 1 saturated heterocycles. The molecule has 1 amide bonds. The number of para-hydroxylation sites is 2. The summed E-state index contributed by atoms with van der Waals surface area (Å²) in [6.45, 7) is 4.76. The molecule has 0 radical (unpaired) electrons. The van der Waals surface area contributed by atoms with E-state index in [1.165, 1.54) is 0 Å². The molecule has 1 aromatic rings. The molecule has 1 aromatic carbocycles. The highest BCUT2D eigenvalue weighted by Gasteiger charge is 2.26. The maximum Gasteiger partial charge on any atom is 0.224 e. The molecular formula is C17H24N2O3S. The third-order valence-electron chi connectivity index (χ3n) is 4.15. The van der Waals surface area contributed by atoms with E-state index in [1.807, 2.05) is 47.9 Å². The normalized spacial score (nSPS) is 23.3. The van der Waals surface area contributed by atoms with Crippen LogP contribution >= 0.6 is 11.8 Å². The van der Waals surface area contributed by atoms with E-state index in [0.29, 0.717) is 32.2 Å². The van der Waals surface area contributed by atoms with Crippen LogP contribution in [0.25, 0.3) is 0 Å². The van der Waals surface area contributed by atoms with Gasteiger partial charge in [-0.3, -0.25) is 4.79 Å². The van der Waals surface area contributed by atoms with E-state index in [9.17, 15) is 4.79 Å². The number of carbonyl (C=O) groups excluding carboxylic acids is 1. The Balaban J connectivity index is 1.54. The predicted molar refractivity (Wildman–Crippen MR) is 92.3 cm³/mol. The van der Waals surface area contributed by atoms with Crippen molar-refractivity contribution in [2.45, 2.75) is 25.5 Å². The van der Waals surface area contributed by atoms with Crippen LogP contribution in [0.4, 0.5) is 0 Å². The highest BCUT2D eigenvalue weighted by molar-refractivity contribution is 7.99. The lowest BCUT2D eigenvalue weighted by atomic mass is 10.2. The Morgan fingerprint density at radius 1 is 1.39 bits per heavy atom. The van der Waals surface area contributed by atoms with Crippen molar-refractivity contribution >= 4 is 17.7 Å². The summed E-state index contributed by atoms with van der Waals surface area (Å²) in [5.41, 5.74) is 0. The molecule has 0 spiro atoms. The Morgan fingerprint density at radius 2 is 2.22 bits per heavy atom. The number of thioether (sulfide) groups is 1. The van der Waals surface area contributed by atoms with E-state index in [0.717, 1.165) is 29.5 Å². The molecule has 6 heteroatoms. The first-order valence-electron chi connectivity index (χ1n) is 8.23. The minimum atomic E-state index is -0.109. The molecule has 0 saturated carbocycles. The Bertz CT molecular complexity index is 534. The molecule has 5 nitrogen and oxygen atoms in total. The van der Waals surface area contributed by atoms with E-state index in [-0.39, 0.29) is 12.0 Å². The first-order chi connectivity index (χ1) is 11.3. The SMILES string of the molecule is CCN(CC1COc2ccccc2O1)C(=O)CC1CSCCN1. The number of rotatable bonds is 5. The molecule has 126 valence electrons. The fourth-order valence-electron chi connectivity index (χ4n) is 2.90. The van der Waals surface area contributed by atoms with Gasteiger partial charge in [0.05, 0.1) is 6.54 Å². The molecule has 0 aliphatic carbocycles. The fraction of sp³-hybridized carbons (Fsp3) is 0.588. The summed E-state index contributed by atoms with van der Waals surface area (Å²) in [6, 6.07) is 7.96. The highest BCUT2D eigenvalue weighted by Crippen LogP contribution is 2.31. The Morgan fingerprint density at radius 3 is 2.96 bits per heavy atom. The van der Waals surface area contributed by atoms with Gasteiger partial charge in [-0.25, -0.2) is 0 Å². The summed E-state index contributed by atoms with van der Waals surface area (Å²) >= 11 is 1.91. The van der Waals surface area contributed by atoms with Crippen LogP contribution < -0.4 is 14.8 Å². The molecule has 3 rings (SSSR count). The van der Waals surface area contributed by atoms with Gasteiger partial charge in [0.25, 0.3) is 0 Å². The zero-order valence-electron chi connectivity index (χ0n) is 13.5. The Labute approximate surface area is 141 Å². The number of hydrogen-bond acceptors (Lipinski definition) is 5. The number of amides is 1. The van der Waals surface area contributed by atoms with Crippen molar-refractivity contribution in [3.05, 3.63) is 24.3 Å². The van der Waals surface area contributed by atoms with E-state index in [4.69, 9.17) is 9.47 Å². The standard InChI is InChI=1S/C17H24N2O3S/c1-2-19(17(20)9-13-12-23-8-7-18-13)10-14-11-21-15-5-3-4-6-16(15)22-14/h3-6,13-14,18H,2,7-12H2,1H3. The first kappa shape index (κ1) is 16.5. The van der Waals surface area contributed by atoms with Crippen molar-refractivity contribution < 1.29 is 14.3 Å². The second-order valence-corrected chi connectivity index (χ2v) is 7.01. The third kappa shape index (κ3) is 4.32. The lowest BCUT2D eigenvalue weighted by molar-refractivity contribution is -0.133. The van der Waals surface area contributed by atoms with E-state index < -0.39 is 0 Å². The average Bonchev–Trinajstić information content (AvgIpc) is 2.60. The summed E-state index contributed by atoms with van der Waals surface area (Å²) < 4.78 is 11.7. The van der Waals surface area contributed by atoms with Crippen LogP contribution in [-0.4, -0.2) is 60.7 Å². The van der Waals surface area contributed by atoms with Crippen LogP contribution in [0, 0.1) is 0 Å². The zero-order valence-corrected chi connectivity index (χ0v) is 14.3. The maximum atomic E-state index is 12.5. The van der Waals surface area contributed by atoms with E-state index in [1.54, 1.807) is 0 Å². The summed E-state index contributed by atoms with van der Waals surface area (Å²) in [4.78, 5) is 14.4. The van der Waals surface area contributed by atoms with Crippen molar-refractivity contribution in [3.63, 3.8) is 0 Å². The summed E-state index contributed by atoms with van der Waals surface area (Å²) in [7, 11) is 0. The van der Waals surface area contributed by atoms with Gasteiger partial charge >= 0.3 is 0 Å². The number of benzene rings is 1. The van der Waals surface area contributed by atoms with Gasteiger partial charge < -0.3 is 19.7 Å². The van der Waals surface area contributed by atoms with Crippen LogP contribution in [0.5, 0.6) is 11.5 Å². The topological polar surface area (TPSA) is 50.8 Å². The second-order valence-electron chi connectivity index (χ2n) is 5.86. The molecule has 23 heavy (non-hydrogen) atoms. The molecule has 0 aromatic heterocycles. The van der Waals surface area contributed by atoms with Crippen molar-refractivity contribution in [2.75, 3.05) is 37.7 Å². The molecule has 0 bridgehead atoms. The van der Waals surface area contributed by atoms with Gasteiger partial charge in [-0.05, 0) is 19.1 Å². The van der Waals surface area contributed by atoms with Gasteiger partial charge in [-0.1, -0.05) is 12.1 Å². The highest BCUT2D eigenvalue weighted by atomic mass is 32.2. The van der Waals surface area contributed by atoms with Crippen LogP contribution in [0.2, 0.25) is 0 Å². The summed E-state index contributed by atoms with van der Waals surface area (Å²) in [5, 5.41) is 3.42.